The number of rotatable bonds is 5. The molecule has 2 aromatic heterocycles. The Labute approximate surface area is 177 Å². The number of sulfonamides is 1. The van der Waals surface area contributed by atoms with Crippen molar-refractivity contribution in [1.82, 2.24) is 9.97 Å². The second kappa shape index (κ2) is 7.40. The Morgan fingerprint density at radius 3 is 2.65 bits per heavy atom. The van der Waals surface area contributed by atoms with Gasteiger partial charge in [0.1, 0.15) is 0 Å². The maximum atomic E-state index is 12.8. The standard InChI is InChI=1S/C21H18N4O5S/c1-11-18(23-12(2)19(11)21(27)28)9-16-15-8-14(5-6-17(15)24-20(16)26)31(29,30)25-13-4-3-7-22-10-13/h3-10,23,25H,1-2H3,(H,24,26)(H,27,28)/b16-9-. The Kier molecular flexibility index (Phi) is 4.86. The summed E-state index contributed by atoms with van der Waals surface area (Å²) in [6.45, 7) is 3.28. The van der Waals surface area contributed by atoms with Crippen LogP contribution in [0.5, 0.6) is 0 Å². The summed E-state index contributed by atoms with van der Waals surface area (Å²) in [4.78, 5) is 30.8. The van der Waals surface area contributed by atoms with Crippen LogP contribution in [0.15, 0.2) is 47.6 Å². The third-order valence-electron chi connectivity index (χ3n) is 4.98. The molecule has 4 N–H and O–H groups in total. The van der Waals surface area contributed by atoms with Crippen molar-refractivity contribution in [3.8, 4) is 0 Å². The summed E-state index contributed by atoms with van der Waals surface area (Å²) in [5.74, 6) is -1.48. The molecule has 3 heterocycles. The SMILES string of the molecule is Cc1[nH]c(/C=C2\C(=O)Nc3ccc(S(=O)(=O)Nc4cccnc4)cc32)c(C)c1C(=O)O. The molecular weight excluding hydrogens is 420 g/mol. The van der Waals surface area contributed by atoms with Crippen molar-refractivity contribution in [2.75, 3.05) is 10.0 Å². The Bertz CT molecular complexity index is 1360. The van der Waals surface area contributed by atoms with E-state index in [1.54, 1.807) is 26.0 Å². The molecule has 4 rings (SSSR count). The normalized spacial score (nSPS) is 14.4. The summed E-state index contributed by atoms with van der Waals surface area (Å²) in [5, 5.41) is 12.1. The molecule has 1 amide bonds. The quantitative estimate of drug-likeness (QED) is 0.451. The highest BCUT2D eigenvalue weighted by Gasteiger charge is 2.28. The van der Waals surface area contributed by atoms with Gasteiger partial charge in [0.15, 0.2) is 0 Å². The number of nitrogens with one attached hydrogen (secondary N) is 3. The van der Waals surface area contributed by atoms with Gasteiger partial charge in [0.2, 0.25) is 0 Å². The van der Waals surface area contributed by atoms with Crippen LogP contribution in [0.1, 0.15) is 32.9 Å². The maximum Gasteiger partial charge on any atom is 0.337 e. The molecule has 1 aliphatic heterocycles. The van der Waals surface area contributed by atoms with Crippen LogP contribution in [-0.4, -0.2) is 35.4 Å². The molecule has 0 spiro atoms. The van der Waals surface area contributed by atoms with E-state index in [0.717, 1.165) is 0 Å². The minimum Gasteiger partial charge on any atom is -0.478 e. The lowest BCUT2D eigenvalue weighted by Crippen LogP contribution is -2.13. The van der Waals surface area contributed by atoms with E-state index in [1.165, 1.54) is 36.7 Å². The topological polar surface area (TPSA) is 141 Å². The fourth-order valence-electron chi connectivity index (χ4n) is 3.50. The molecule has 31 heavy (non-hydrogen) atoms. The first kappa shape index (κ1) is 20.4. The van der Waals surface area contributed by atoms with Crippen molar-refractivity contribution in [3.05, 3.63) is 70.8 Å². The van der Waals surface area contributed by atoms with Crippen molar-refractivity contribution in [1.29, 1.82) is 0 Å². The highest BCUT2D eigenvalue weighted by atomic mass is 32.2. The van der Waals surface area contributed by atoms with E-state index >= 15 is 0 Å². The lowest BCUT2D eigenvalue weighted by Gasteiger charge is -2.09. The molecule has 1 aliphatic rings. The minimum absolute atomic E-state index is 0.0249. The number of fused-ring (bicyclic) bond motifs is 1. The molecule has 158 valence electrons. The minimum atomic E-state index is -3.91. The van der Waals surface area contributed by atoms with Crippen LogP contribution in [0.2, 0.25) is 0 Å². The number of benzene rings is 1. The second-order valence-electron chi connectivity index (χ2n) is 7.04. The number of hydrogen-bond donors (Lipinski definition) is 4. The highest BCUT2D eigenvalue weighted by molar-refractivity contribution is 7.92. The van der Waals surface area contributed by atoms with Gasteiger partial charge in [-0.15, -0.1) is 0 Å². The van der Waals surface area contributed by atoms with Gasteiger partial charge in [-0.25, -0.2) is 13.2 Å². The molecular formula is C21H18N4O5S. The molecule has 10 heteroatoms. The van der Waals surface area contributed by atoms with Gasteiger partial charge in [-0.3, -0.25) is 14.5 Å². The molecule has 0 aliphatic carbocycles. The van der Waals surface area contributed by atoms with Crippen molar-refractivity contribution in [2.24, 2.45) is 0 Å². The molecule has 9 nitrogen and oxygen atoms in total. The van der Waals surface area contributed by atoms with Gasteiger partial charge in [0.25, 0.3) is 15.9 Å². The number of pyridine rings is 1. The van der Waals surface area contributed by atoms with Crippen molar-refractivity contribution in [2.45, 2.75) is 18.7 Å². The van der Waals surface area contributed by atoms with E-state index in [9.17, 15) is 23.1 Å². The van der Waals surface area contributed by atoms with E-state index in [2.05, 4.69) is 20.0 Å². The smallest absolute Gasteiger partial charge is 0.337 e. The number of aromatic nitrogens is 2. The van der Waals surface area contributed by atoms with Gasteiger partial charge in [0, 0.05) is 28.8 Å². The van der Waals surface area contributed by atoms with Crippen molar-refractivity contribution in [3.63, 3.8) is 0 Å². The third-order valence-corrected chi connectivity index (χ3v) is 6.36. The van der Waals surface area contributed by atoms with Crippen LogP contribution in [0, 0.1) is 13.8 Å². The van der Waals surface area contributed by atoms with E-state index in [-0.39, 0.29) is 16.0 Å². The fraction of sp³-hybridized carbons (Fsp3) is 0.0952. The summed E-state index contributed by atoms with van der Waals surface area (Å²) >= 11 is 0. The van der Waals surface area contributed by atoms with E-state index in [0.29, 0.717) is 33.9 Å². The molecule has 0 saturated carbocycles. The molecule has 3 aromatic rings. The number of carboxylic acid groups (broad SMARTS) is 1. The van der Waals surface area contributed by atoms with Crippen LogP contribution >= 0.6 is 0 Å². The average Bonchev–Trinajstić information content (AvgIpc) is 3.17. The van der Waals surface area contributed by atoms with Gasteiger partial charge < -0.3 is 15.4 Å². The Morgan fingerprint density at radius 1 is 1.23 bits per heavy atom. The molecule has 0 bridgehead atoms. The molecule has 0 radical (unpaired) electrons. The lowest BCUT2D eigenvalue weighted by atomic mass is 10.0. The number of amides is 1. The zero-order valence-corrected chi connectivity index (χ0v) is 17.4. The number of anilines is 2. The molecule has 0 atom stereocenters. The number of aromatic amines is 1. The first-order valence-electron chi connectivity index (χ1n) is 9.20. The average molecular weight is 438 g/mol. The fourth-order valence-corrected chi connectivity index (χ4v) is 4.57. The Morgan fingerprint density at radius 2 is 2.00 bits per heavy atom. The summed E-state index contributed by atoms with van der Waals surface area (Å²) < 4.78 is 28.0. The summed E-state index contributed by atoms with van der Waals surface area (Å²) in [6, 6.07) is 7.50. The number of aromatic carboxylic acids is 1. The first-order chi connectivity index (χ1) is 14.7. The molecule has 0 saturated heterocycles. The Balaban J connectivity index is 1.76. The second-order valence-corrected chi connectivity index (χ2v) is 8.72. The van der Waals surface area contributed by atoms with Gasteiger partial charge in [-0.05, 0) is 55.8 Å². The van der Waals surface area contributed by atoms with Crippen LogP contribution < -0.4 is 10.0 Å². The van der Waals surface area contributed by atoms with E-state index in [1.807, 2.05) is 0 Å². The zero-order valence-electron chi connectivity index (χ0n) is 16.6. The third kappa shape index (κ3) is 3.68. The predicted molar refractivity (Wildman–Crippen MR) is 115 cm³/mol. The number of nitrogens with zero attached hydrogens (tertiary/aromatic N) is 1. The number of hydrogen-bond acceptors (Lipinski definition) is 5. The molecule has 0 fully saturated rings. The van der Waals surface area contributed by atoms with Gasteiger partial charge in [-0.1, -0.05) is 0 Å². The number of aryl methyl sites for hydroxylation is 1. The zero-order chi connectivity index (χ0) is 22.3. The van der Waals surface area contributed by atoms with E-state index < -0.39 is 21.9 Å². The number of H-pyrrole nitrogens is 1. The van der Waals surface area contributed by atoms with Crippen molar-refractivity contribution >= 4 is 44.9 Å². The number of carbonyl (C=O) groups is 2. The highest BCUT2D eigenvalue weighted by Crippen LogP contribution is 2.35. The van der Waals surface area contributed by atoms with Gasteiger partial charge in [-0.2, -0.15) is 0 Å². The van der Waals surface area contributed by atoms with Crippen molar-refractivity contribution < 1.29 is 23.1 Å². The number of carbonyl (C=O) groups excluding carboxylic acids is 1. The monoisotopic (exact) mass is 438 g/mol. The van der Waals surface area contributed by atoms with E-state index in [4.69, 9.17) is 0 Å². The van der Waals surface area contributed by atoms with Crippen LogP contribution in [0.25, 0.3) is 11.6 Å². The largest absolute Gasteiger partial charge is 0.478 e. The van der Waals surface area contributed by atoms with Crippen LogP contribution in [-0.2, 0) is 14.8 Å². The Hall–Kier alpha value is -3.92. The van der Waals surface area contributed by atoms with Crippen LogP contribution in [0.4, 0.5) is 11.4 Å². The lowest BCUT2D eigenvalue weighted by molar-refractivity contribution is -0.110. The number of carboxylic acids is 1. The molecule has 0 unspecified atom stereocenters. The summed E-state index contributed by atoms with van der Waals surface area (Å²) in [7, 11) is -3.91. The first-order valence-corrected chi connectivity index (χ1v) is 10.7. The van der Waals surface area contributed by atoms with Gasteiger partial charge >= 0.3 is 5.97 Å². The van der Waals surface area contributed by atoms with Gasteiger partial charge in [0.05, 0.1) is 27.9 Å². The maximum absolute atomic E-state index is 12.8. The predicted octanol–water partition coefficient (Wildman–Crippen LogP) is 3.02. The summed E-state index contributed by atoms with van der Waals surface area (Å²) in [6.07, 6.45) is 4.44. The summed E-state index contributed by atoms with van der Waals surface area (Å²) in [5.41, 5.74) is 2.98. The molecule has 1 aromatic carbocycles. The van der Waals surface area contributed by atoms with Crippen LogP contribution in [0.3, 0.4) is 0 Å².